The molecule has 244 valence electrons. The Kier molecular flexibility index (Phi) is 11.2. The molecule has 0 spiro atoms. The lowest BCUT2D eigenvalue weighted by atomic mass is 9.91. The zero-order chi connectivity index (χ0) is 33.4. The Bertz CT molecular complexity index is 1660. The van der Waals surface area contributed by atoms with Crippen molar-refractivity contribution in [1.29, 1.82) is 0 Å². The molecule has 0 saturated carbocycles. The number of phenolic OH excluding ortho intramolecular Hbond substituents is 2. The number of carbonyl (C=O) groups excluding carboxylic acids is 1. The van der Waals surface area contributed by atoms with Crippen molar-refractivity contribution >= 4 is 5.97 Å². The van der Waals surface area contributed by atoms with Crippen molar-refractivity contribution in [2.45, 2.75) is 80.6 Å². The number of unbranched alkanes of at least 4 members (excludes halogenated alkanes) is 3. The van der Waals surface area contributed by atoms with Gasteiger partial charge in [-0.15, -0.1) is 0 Å². The molecule has 4 aromatic rings. The molecule has 0 aliphatic carbocycles. The molecule has 1 heterocycles. The lowest BCUT2D eigenvalue weighted by Gasteiger charge is -2.20. The van der Waals surface area contributed by atoms with Crippen LogP contribution in [-0.2, 0) is 9.53 Å². The maximum absolute atomic E-state index is 12.3. The molecule has 2 N–H and O–H groups in total. The van der Waals surface area contributed by atoms with E-state index in [4.69, 9.17) is 24.2 Å². The number of aryl methyl sites for hydroxylation is 3. The molecule has 0 saturated heterocycles. The smallest absolute Gasteiger partial charge is 0.314 e. The zero-order valence-electron chi connectivity index (χ0n) is 27.9. The van der Waals surface area contributed by atoms with Gasteiger partial charge in [0.1, 0.15) is 23.0 Å². The van der Waals surface area contributed by atoms with E-state index in [0.717, 1.165) is 47.9 Å². The van der Waals surface area contributed by atoms with Gasteiger partial charge in [-0.3, -0.25) is 4.79 Å². The molecule has 0 fully saturated rings. The number of benzene rings is 3. The van der Waals surface area contributed by atoms with Crippen LogP contribution in [0.5, 0.6) is 23.0 Å². The lowest BCUT2D eigenvalue weighted by Crippen LogP contribution is -2.27. The van der Waals surface area contributed by atoms with E-state index < -0.39 is 5.41 Å². The predicted octanol–water partition coefficient (Wildman–Crippen LogP) is 8.48. The summed E-state index contributed by atoms with van der Waals surface area (Å²) in [5.74, 6) is 1.23. The first-order valence-corrected chi connectivity index (χ1v) is 15.9. The second-order valence-electron chi connectivity index (χ2n) is 12.3. The van der Waals surface area contributed by atoms with Crippen molar-refractivity contribution in [2.24, 2.45) is 5.41 Å². The second-order valence-corrected chi connectivity index (χ2v) is 12.3. The summed E-state index contributed by atoms with van der Waals surface area (Å²) in [7, 11) is 0. The zero-order valence-corrected chi connectivity index (χ0v) is 27.9. The van der Waals surface area contributed by atoms with Crippen LogP contribution in [0.1, 0.15) is 76.5 Å². The highest BCUT2D eigenvalue weighted by molar-refractivity contribution is 5.76. The topological polar surface area (TPSA) is 124 Å². The summed E-state index contributed by atoms with van der Waals surface area (Å²) in [5, 5.41) is 22.1. The van der Waals surface area contributed by atoms with E-state index in [2.05, 4.69) is 24.0 Å². The first-order chi connectivity index (χ1) is 21.9. The van der Waals surface area contributed by atoms with Crippen molar-refractivity contribution in [2.75, 3.05) is 13.4 Å². The van der Waals surface area contributed by atoms with Gasteiger partial charge < -0.3 is 24.4 Å². The number of rotatable bonds is 14. The van der Waals surface area contributed by atoms with E-state index in [1.807, 2.05) is 41.5 Å². The number of aromatic hydroxyl groups is 2. The fourth-order valence-electron chi connectivity index (χ4n) is 5.05. The molecule has 46 heavy (non-hydrogen) atoms. The van der Waals surface area contributed by atoms with Crippen LogP contribution in [0.15, 0.2) is 48.5 Å². The van der Waals surface area contributed by atoms with Gasteiger partial charge in [-0.05, 0) is 82.9 Å². The fourth-order valence-corrected chi connectivity index (χ4v) is 5.05. The summed E-state index contributed by atoms with van der Waals surface area (Å²) < 4.78 is 16.7. The highest BCUT2D eigenvalue weighted by Gasteiger charge is 2.27. The van der Waals surface area contributed by atoms with E-state index in [9.17, 15) is 15.0 Å². The molecular formula is C37H45N3O6. The van der Waals surface area contributed by atoms with Gasteiger partial charge in [0.25, 0.3) is 0 Å². The first-order valence-electron chi connectivity index (χ1n) is 15.9. The molecule has 0 atom stereocenters. The second kappa shape index (κ2) is 15.1. The van der Waals surface area contributed by atoms with Crippen LogP contribution in [0, 0.1) is 26.2 Å². The molecule has 9 nitrogen and oxygen atoms in total. The van der Waals surface area contributed by atoms with Crippen LogP contribution < -0.4 is 9.47 Å². The van der Waals surface area contributed by atoms with E-state index in [0.29, 0.717) is 41.5 Å². The van der Waals surface area contributed by atoms with Gasteiger partial charge in [0, 0.05) is 17.7 Å². The monoisotopic (exact) mass is 627 g/mol. The Morgan fingerprint density at radius 3 is 1.80 bits per heavy atom. The summed E-state index contributed by atoms with van der Waals surface area (Å²) in [6, 6.07) is 13.9. The van der Waals surface area contributed by atoms with E-state index in [-0.39, 0.29) is 35.9 Å². The van der Waals surface area contributed by atoms with Gasteiger partial charge >= 0.3 is 5.97 Å². The van der Waals surface area contributed by atoms with Gasteiger partial charge in [-0.25, -0.2) is 15.0 Å². The number of hydrogen-bond donors (Lipinski definition) is 2. The number of nitrogens with zero attached hydrogens (tertiary/aromatic N) is 3. The van der Waals surface area contributed by atoms with Crippen LogP contribution in [0.4, 0.5) is 0 Å². The molecule has 0 amide bonds. The molecule has 4 rings (SSSR count). The number of carbonyl (C=O) groups is 1. The fraction of sp³-hybridized carbons (Fsp3) is 0.405. The molecule has 0 bridgehead atoms. The minimum atomic E-state index is -0.617. The summed E-state index contributed by atoms with van der Waals surface area (Å²) in [6.45, 7) is 14.0. The number of hydrogen-bond acceptors (Lipinski definition) is 9. The predicted molar refractivity (Wildman–Crippen MR) is 179 cm³/mol. The summed E-state index contributed by atoms with van der Waals surface area (Å²) >= 11 is 0. The van der Waals surface area contributed by atoms with Gasteiger partial charge in [-0.1, -0.05) is 50.8 Å². The molecule has 9 heteroatoms. The third kappa shape index (κ3) is 8.33. The van der Waals surface area contributed by atoms with Gasteiger partial charge in [-0.2, -0.15) is 0 Å². The molecule has 1 aromatic heterocycles. The Morgan fingerprint density at radius 2 is 1.28 bits per heavy atom. The summed E-state index contributed by atoms with van der Waals surface area (Å²) in [5.41, 5.74) is 4.08. The molecular weight excluding hydrogens is 582 g/mol. The first kappa shape index (κ1) is 34.2. The SMILES string of the molecule is CCCCCCOc1ccc(-c2nc(-c3ccc(OCOC(=O)C(C)(C)CC)cc3O)nc(-c3c(C)cc(C)cc3C)n2)c(O)c1. The van der Waals surface area contributed by atoms with Crippen molar-refractivity contribution in [1.82, 2.24) is 15.0 Å². The third-order valence-corrected chi connectivity index (χ3v) is 8.07. The summed E-state index contributed by atoms with van der Waals surface area (Å²) in [4.78, 5) is 26.5. The Labute approximate surface area is 271 Å². The van der Waals surface area contributed by atoms with E-state index in [1.165, 1.54) is 6.07 Å². The average Bonchev–Trinajstić information content (AvgIpc) is 3.00. The van der Waals surface area contributed by atoms with Crippen molar-refractivity contribution in [3.05, 3.63) is 65.2 Å². The third-order valence-electron chi connectivity index (χ3n) is 8.07. The number of esters is 1. The van der Waals surface area contributed by atoms with E-state index in [1.54, 1.807) is 30.3 Å². The molecule has 0 radical (unpaired) electrons. The highest BCUT2D eigenvalue weighted by atomic mass is 16.7. The van der Waals surface area contributed by atoms with Gasteiger partial charge in [0.15, 0.2) is 17.5 Å². The van der Waals surface area contributed by atoms with Crippen LogP contribution in [0.25, 0.3) is 34.2 Å². The molecule has 3 aromatic carbocycles. The van der Waals surface area contributed by atoms with Crippen LogP contribution >= 0.6 is 0 Å². The highest BCUT2D eigenvalue weighted by Crippen LogP contribution is 2.37. The molecule has 0 aliphatic heterocycles. The largest absolute Gasteiger partial charge is 0.507 e. The number of ether oxygens (including phenoxy) is 3. The van der Waals surface area contributed by atoms with Gasteiger partial charge in [0.05, 0.1) is 23.1 Å². The lowest BCUT2D eigenvalue weighted by molar-refractivity contribution is -0.160. The van der Waals surface area contributed by atoms with Crippen LogP contribution in [0.3, 0.4) is 0 Å². The van der Waals surface area contributed by atoms with Gasteiger partial charge in [0.2, 0.25) is 6.79 Å². The Hall–Kier alpha value is -4.66. The van der Waals surface area contributed by atoms with Crippen molar-refractivity contribution in [3.8, 4) is 57.2 Å². The van der Waals surface area contributed by atoms with Crippen LogP contribution in [-0.4, -0.2) is 44.5 Å². The normalized spacial score (nSPS) is 11.4. The standard InChI is InChI=1S/C37H45N3O6/c1-8-10-11-12-17-44-26-13-15-28(30(41)20-26)33-38-34(40-35(39-33)32-24(4)18-23(3)19-25(32)5)29-16-14-27(21-31(29)42)45-22-46-36(43)37(6,7)9-2/h13-16,18-21,41-42H,8-12,17,22H2,1-7H3. The minimum absolute atomic E-state index is 0.0275. The molecule has 0 unspecified atom stereocenters. The Morgan fingerprint density at radius 1 is 0.739 bits per heavy atom. The maximum Gasteiger partial charge on any atom is 0.314 e. The number of phenols is 2. The summed E-state index contributed by atoms with van der Waals surface area (Å²) in [6.07, 6.45) is 4.99. The number of aromatic nitrogens is 3. The van der Waals surface area contributed by atoms with Crippen LogP contribution in [0.2, 0.25) is 0 Å². The van der Waals surface area contributed by atoms with Crippen molar-refractivity contribution < 1.29 is 29.2 Å². The van der Waals surface area contributed by atoms with Crippen molar-refractivity contribution in [3.63, 3.8) is 0 Å². The Balaban J connectivity index is 1.68. The maximum atomic E-state index is 12.3. The molecule has 0 aliphatic rings. The minimum Gasteiger partial charge on any atom is -0.507 e. The average molecular weight is 628 g/mol. The van der Waals surface area contributed by atoms with E-state index >= 15 is 0 Å². The quantitative estimate of drug-likeness (QED) is 0.0804.